The maximum Gasteiger partial charge on any atom is 0.121 e. The molecule has 1 rings (SSSR count). The van der Waals surface area contributed by atoms with Gasteiger partial charge in [0.2, 0.25) is 0 Å². The van der Waals surface area contributed by atoms with Crippen molar-refractivity contribution in [3.05, 3.63) is 36.4 Å². The highest BCUT2D eigenvalue weighted by Gasteiger charge is 2.01. The van der Waals surface area contributed by atoms with Gasteiger partial charge in [0.15, 0.2) is 0 Å². The van der Waals surface area contributed by atoms with Gasteiger partial charge in [-0.15, -0.1) is 11.8 Å². The minimum absolute atomic E-state index is 0.199. The highest BCUT2D eigenvalue weighted by molar-refractivity contribution is 7.98. The molecule has 1 aromatic rings. The van der Waals surface area contributed by atoms with Crippen LogP contribution in [0.5, 0.6) is 5.75 Å². The van der Waals surface area contributed by atoms with Gasteiger partial charge in [-0.1, -0.05) is 6.58 Å². The summed E-state index contributed by atoms with van der Waals surface area (Å²) >= 11 is 1.69. The molecular formula is C12H15OS. The third-order valence-electron chi connectivity index (χ3n) is 1.69. The lowest BCUT2D eigenvalue weighted by atomic mass is 10.2. The maximum absolute atomic E-state index is 5.62. The van der Waals surface area contributed by atoms with Crippen molar-refractivity contribution in [3.8, 4) is 5.75 Å². The molecule has 0 aliphatic heterocycles. The molecule has 0 heterocycles. The molecule has 0 aliphatic carbocycles. The Labute approximate surface area is 90.2 Å². The van der Waals surface area contributed by atoms with Crippen molar-refractivity contribution >= 4 is 11.8 Å². The summed E-state index contributed by atoms with van der Waals surface area (Å²) < 4.78 is 5.62. The molecule has 0 spiro atoms. The Balaban J connectivity index is 2.98. The molecule has 0 saturated heterocycles. The van der Waals surface area contributed by atoms with Crippen LogP contribution in [0.4, 0.5) is 0 Å². The first-order valence-corrected chi connectivity index (χ1v) is 5.77. The van der Waals surface area contributed by atoms with Crippen LogP contribution in [0.2, 0.25) is 0 Å². The van der Waals surface area contributed by atoms with Gasteiger partial charge in [0.25, 0.3) is 0 Å². The second-order valence-corrected chi connectivity index (χ2v) is 4.12. The van der Waals surface area contributed by atoms with Crippen LogP contribution in [0, 0.1) is 6.08 Å². The fourth-order valence-electron chi connectivity index (χ4n) is 1.13. The van der Waals surface area contributed by atoms with Gasteiger partial charge < -0.3 is 4.74 Å². The average Bonchev–Trinajstić information content (AvgIpc) is 2.16. The van der Waals surface area contributed by atoms with Crippen molar-refractivity contribution in [1.82, 2.24) is 0 Å². The number of hydrogen-bond donors (Lipinski definition) is 0. The zero-order valence-corrected chi connectivity index (χ0v) is 9.65. The van der Waals surface area contributed by atoms with E-state index in [1.165, 1.54) is 4.90 Å². The number of thioether (sulfide) groups is 1. The summed E-state index contributed by atoms with van der Waals surface area (Å²) in [6, 6.07) is 6.03. The van der Waals surface area contributed by atoms with E-state index in [4.69, 9.17) is 4.74 Å². The Hall–Kier alpha value is -0.890. The first-order valence-electron chi connectivity index (χ1n) is 4.54. The summed E-state index contributed by atoms with van der Waals surface area (Å²) in [5.74, 6) is 0.887. The van der Waals surface area contributed by atoms with Crippen LogP contribution in [0.3, 0.4) is 0 Å². The summed E-state index contributed by atoms with van der Waals surface area (Å²) in [5.41, 5.74) is 0.979. The van der Waals surface area contributed by atoms with Crippen molar-refractivity contribution in [2.75, 3.05) is 6.26 Å². The molecule has 2 heteroatoms. The Bertz CT molecular complexity index is 318. The predicted octanol–water partition coefficient (Wildman–Crippen LogP) is 3.53. The first-order chi connectivity index (χ1) is 6.65. The van der Waals surface area contributed by atoms with Gasteiger partial charge in [-0.3, -0.25) is 0 Å². The lowest BCUT2D eigenvalue weighted by Gasteiger charge is -2.11. The molecule has 1 nitrogen and oxygen atoms in total. The Morgan fingerprint density at radius 3 is 2.57 bits per heavy atom. The predicted molar refractivity (Wildman–Crippen MR) is 62.0 cm³/mol. The fourth-order valence-corrected chi connectivity index (χ4v) is 1.61. The van der Waals surface area contributed by atoms with Crippen LogP contribution in [0.25, 0.3) is 0 Å². The SMILES string of the molecule is C=[C]c1cc(OC(C)C)cc(SC)c1. The van der Waals surface area contributed by atoms with E-state index < -0.39 is 0 Å². The third-order valence-corrected chi connectivity index (χ3v) is 2.40. The molecule has 1 aromatic carbocycles. The molecule has 0 aromatic heterocycles. The van der Waals surface area contributed by atoms with Gasteiger partial charge in [0.05, 0.1) is 6.10 Å². The minimum Gasteiger partial charge on any atom is -0.491 e. The lowest BCUT2D eigenvalue weighted by Crippen LogP contribution is -2.05. The highest BCUT2D eigenvalue weighted by atomic mass is 32.2. The van der Waals surface area contributed by atoms with Gasteiger partial charge in [-0.2, -0.15) is 0 Å². The fraction of sp³-hybridized carbons (Fsp3) is 0.333. The van der Waals surface area contributed by atoms with Crippen LogP contribution >= 0.6 is 11.8 Å². The van der Waals surface area contributed by atoms with Gasteiger partial charge in [-0.05, 0) is 49.9 Å². The molecule has 0 bridgehead atoms. The van der Waals surface area contributed by atoms with Gasteiger partial charge >= 0.3 is 0 Å². The molecule has 0 saturated carbocycles. The molecule has 0 unspecified atom stereocenters. The number of benzene rings is 1. The van der Waals surface area contributed by atoms with E-state index in [2.05, 4.69) is 12.7 Å². The molecule has 0 amide bonds. The van der Waals surface area contributed by atoms with Crippen molar-refractivity contribution in [2.45, 2.75) is 24.8 Å². The highest BCUT2D eigenvalue weighted by Crippen LogP contribution is 2.24. The maximum atomic E-state index is 5.62. The van der Waals surface area contributed by atoms with Crippen LogP contribution in [-0.4, -0.2) is 12.4 Å². The van der Waals surface area contributed by atoms with Gasteiger partial charge in [0, 0.05) is 4.90 Å². The van der Waals surface area contributed by atoms with E-state index in [0.717, 1.165) is 11.3 Å². The van der Waals surface area contributed by atoms with Crippen LogP contribution in [-0.2, 0) is 0 Å². The molecule has 0 aliphatic rings. The Kier molecular flexibility index (Phi) is 4.08. The summed E-state index contributed by atoms with van der Waals surface area (Å²) in [6.45, 7) is 7.67. The van der Waals surface area contributed by atoms with Crippen molar-refractivity contribution in [1.29, 1.82) is 0 Å². The monoisotopic (exact) mass is 207 g/mol. The molecule has 0 fully saturated rings. The van der Waals surface area contributed by atoms with Crippen molar-refractivity contribution in [3.63, 3.8) is 0 Å². The summed E-state index contributed by atoms with van der Waals surface area (Å²) in [4.78, 5) is 1.18. The molecular weight excluding hydrogens is 192 g/mol. The van der Waals surface area contributed by atoms with Crippen molar-refractivity contribution < 1.29 is 4.74 Å². The zero-order valence-electron chi connectivity index (χ0n) is 8.83. The largest absolute Gasteiger partial charge is 0.491 e. The van der Waals surface area contributed by atoms with E-state index in [9.17, 15) is 0 Å². The smallest absolute Gasteiger partial charge is 0.121 e. The number of hydrogen-bond acceptors (Lipinski definition) is 2. The summed E-state index contributed by atoms with van der Waals surface area (Å²) in [6.07, 6.45) is 5.11. The topological polar surface area (TPSA) is 9.23 Å². The standard InChI is InChI=1S/C12H15OS/c1-5-10-6-11(13-9(2)3)8-12(7-10)14-4/h6-9H,1H2,2-4H3. The second kappa shape index (κ2) is 5.11. The van der Waals surface area contributed by atoms with E-state index in [1.807, 2.05) is 38.3 Å². The Morgan fingerprint density at radius 2 is 2.07 bits per heavy atom. The third kappa shape index (κ3) is 3.11. The lowest BCUT2D eigenvalue weighted by molar-refractivity contribution is 0.242. The van der Waals surface area contributed by atoms with Crippen LogP contribution in [0.15, 0.2) is 29.7 Å². The van der Waals surface area contributed by atoms with Crippen LogP contribution < -0.4 is 4.74 Å². The molecule has 14 heavy (non-hydrogen) atoms. The summed E-state index contributed by atoms with van der Waals surface area (Å²) in [5, 5.41) is 0. The van der Waals surface area contributed by atoms with Gasteiger partial charge in [0.1, 0.15) is 5.75 Å². The van der Waals surface area contributed by atoms with E-state index in [1.54, 1.807) is 11.8 Å². The second-order valence-electron chi connectivity index (χ2n) is 3.24. The zero-order chi connectivity index (χ0) is 10.6. The summed E-state index contributed by atoms with van der Waals surface area (Å²) in [7, 11) is 0. The molecule has 1 radical (unpaired) electrons. The van der Waals surface area contributed by atoms with E-state index in [0.29, 0.717) is 0 Å². The normalized spacial score (nSPS) is 10.3. The van der Waals surface area contributed by atoms with E-state index in [-0.39, 0.29) is 6.10 Å². The molecule has 75 valence electrons. The molecule has 0 N–H and O–H groups in total. The number of rotatable bonds is 4. The van der Waals surface area contributed by atoms with Crippen LogP contribution in [0.1, 0.15) is 19.4 Å². The average molecular weight is 207 g/mol. The first kappa shape index (κ1) is 11.2. The van der Waals surface area contributed by atoms with E-state index >= 15 is 0 Å². The quantitative estimate of drug-likeness (QED) is 0.698. The Morgan fingerprint density at radius 1 is 1.36 bits per heavy atom. The molecule has 0 atom stereocenters. The van der Waals surface area contributed by atoms with Gasteiger partial charge in [-0.25, -0.2) is 0 Å². The van der Waals surface area contributed by atoms with Crippen molar-refractivity contribution in [2.24, 2.45) is 0 Å². The number of ether oxygens (including phenoxy) is 1. The minimum atomic E-state index is 0.199.